The first-order valence-electron chi connectivity index (χ1n) is 8.01. The maximum atomic E-state index is 13.2. The summed E-state index contributed by atoms with van der Waals surface area (Å²) < 4.78 is 26.4. The molecule has 1 amide bonds. The first-order chi connectivity index (χ1) is 12.0. The van der Waals surface area contributed by atoms with Crippen LogP contribution >= 0.6 is 11.8 Å². The lowest BCUT2D eigenvalue weighted by atomic mass is 10.1. The minimum atomic E-state index is -2.87. The standard InChI is InChI=1S/C19H16F2N2OS/c20-19(21)11-14(19)16(24)23-18-15(12-7-3-1-4-8-12)22-17(25-18)13-9-5-2-6-10-13/h1-10,14,17,22H,11H2,(H,23,24). The normalized spacial score (nSPS) is 23.9. The maximum absolute atomic E-state index is 13.2. The molecule has 4 rings (SSSR count). The molecular formula is C19H16F2N2OS. The number of rotatable bonds is 4. The number of hydrogen-bond acceptors (Lipinski definition) is 3. The van der Waals surface area contributed by atoms with Crippen LogP contribution in [0.2, 0.25) is 0 Å². The van der Waals surface area contributed by atoms with Gasteiger partial charge in [-0.2, -0.15) is 0 Å². The Bertz CT molecular complexity index is 824. The van der Waals surface area contributed by atoms with Crippen molar-refractivity contribution >= 4 is 23.4 Å². The van der Waals surface area contributed by atoms with E-state index in [2.05, 4.69) is 10.6 Å². The Hall–Kier alpha value is -2.34. The van der Waals surface area contributed by atoms with Crippen LogP contribution in [0.4, 0.5) is 8.78 Å². The van der Waals surface area contributed by atoms with Crippen molar-refractivity contribution < 1.29 is 13.6 Å². The Morgan fingerprint density at radius 3 is 2.28 bits per heavy atom. The lowest BCUT2D eigenvalue weighted by Gasteiger charge is -2.12. The van der Waals surface area contributed by atoms with Gasteiger partial charge in [0.05, 0.1) is 5.70 Å². The molecule has 0 radical (unpaired) electrons. The monoisotopic (exact) mass is 358 g/mol. The van der Waals surface area contributed by atoms with Gasteiger partial charge in [-0.3, -0.25) is 4.79 Å². The number of halogens is 2. The largest absolute Gasteiger partial charge is 0.367 e. The summed E-state index contributed by atoms with van der Waals surface area (Å²) in [5, 5.41) is 6.62. The highest BCUT2D eigenvalue weighted by molar-refractivity contribution is 8.03. The van der Waals surface area contributed by atoms with E-state index in [1.165, 1.54) is 11.8 Å². The minimum Gasteiger partial charge on any atom is -0.367 e. The molecule has 1 fully saturated rings. The van der Waals surface area contributed by atoms with Crippen molar-refractivity contribution in [3.63, 3.8) is 0 Å². The van der Waals surface area contributed by atoms with Crippen LogP contribution in [0.3, 0.4) is 0 Å². The molecule has 2 unspecified atom stereocenters. The summed E-state index contributed by atoms with van der Waals surface area (Å²) in [5.74, 6) is -4.70. The van der Waals surface area contributed by atoms with Crippen LogP contribution in [0.5, 0.6) is 0 Å². The third-order valence-electron chi connectivity index (χ3n) is 4.28. The van der Waals surface area contributed by atoms with Gasteiger partial charge in [-0.15, -0.1) is 0 Å². The smallest absolute Gasteiger partial charge is 0.260 e. The van der Waals surface area contributed by atoms with Crippen molar-refractivity contribution in [1.29, 1.82) is 0 Å². The molecule has 1 saturated carbocycles. The molecule has 128 valence electrons. The molecule has 2 N–H and O–H groups in total. The molecule has 2 aromatic rings. The van der Waals surface area contributed by atoms with Crippen molar-refractivity contribution in [3.8, 4) is 0 Å². The fraction of sp³-hybridized carbons (Fsp3) is 0.211. The van der Waals surface area contributed by atoms with Crippen molar-refractivity contribution in [2.45, 2.75) is 17.7 Å². The average molecular weight is 358 g/mol. The SMILES string of the molecule is O=C(NC1=C(c2ccccc2)NC(c2ccccc2)S1)C1CC1(F)F. The summed E-state index contributed by atoms with van der Waals surface area (Å²) in [6.07, 6.45) is -0.368. The lowest BCUT2D eigenvalue weighted by Crippen LogP contribution is -2.25. The molecular weight excluding hydrogens is 342 g/mol. The summed E-state index contributed by atoms with van der Waals surface area (Å²) in [6, 6.07) is 19.4. The zero-order chi connectivity index (χ0) is 17.4. The Labute approximate surface area is 148 Å². The molecule has 1 aliphatic carbocycles. The number of hydrogen-bond donors (Lipinski definition) is 2. The van der Waals surface area contributed by atoms with E-state index in [-0.39, 0.29) is 11.8 Å². The van der Waals surface area contributed by atoms with E-state index in [1.54, 1.807) is 0 Å². The van der Waals surface area contributed by atoms with Crippen LogP contribution in [0.25, 0.3) is 5.70 Å². The van der Waals surface area contributed by atoms with E-state index in [0.717, 1.165) is 16.8 Å². The highest BCUT2D eigenvalue weighted by atomic mass is 32.2. The molecule has 1 aliphatic heterocycles. The van der Waals surface area contributed by atoms with E-state index in [1.807, 2.05) is 60.7 Å². The summed E-state index contributed by atoms with van der Waals surface area (Å²) in [5.41, 5.74) is 2.73. The van der Waals surface area contributed by atoms with Gasteiger partial charge >= 0.3 is 0 Å². The van der Waals surface area contributed by atoms with Gasteiger partial charge in [0, 0.05) is 12.0 Å². The Morgan fingerprint density at radius 1 is 1.08 bits per heavy atom. The molecule has 0 bridgehead atoms. The Balaban J connectivity index is 1.60. The van der Waals surface area contributed by atoms with Gasteiger partial charge in [-0.05, 0) is 5.56 Å². The molecule has 0 spiro atoms. The van der Waals surface area contributed by atoms with Crippen LogP contribution in [-0.4, -0.2) is 11.8 Å². The fourth-order valence-corrected chi connectivity index (χ4v) is 3.95. The molecule has 2 atom stereocenters. The van der Waals surface area contributed by atoms with Gasteiger partial charge in [-0.25, -0.2) is 8.78 Å². The Morgan fingerprint density at radius 2 is 1.68 bits per heavy atom. The molecule has 0 saturated heterocycles. The van der Waals surface area contributed by atoms with Crippen molar-refractivity contribution in [1.82, 2.24) is 10.6 Å². The number of nitrogens with one attached hydrogen (secondary N) is 2. The van der Waals surface area contributed by atoms with Crippen LogP contribution in [0.1, 0.15) is 22.9 Å². The zero-order valence-electron chi connectivity index (χ0n) is 13.2. The summed E-state index contributed by atoms with van der Waals surface area (Å²) >= 11 is 1.43. The average Bonchev–Trinajstić information content (AvgIpc) is 3.08. The van der Waals surface area contributed by atoms with E-state index in [9.17, 15) is 13.6 Å². The lowest BCUT2D eigenvalue weighted by molar-refractivity contribution is -0.123. The van der Waals surface area contributed by atoms with Gasteiger partial charge in [0.25, 0.3) is 5.92 Å². The van der Waals surface area contributed by atoms with E-state index >= 15 is 0 Å². The van der Waals surface area contributed by atoms with Crippen molar-refractivity contribution in [2.75, 3.05) is 0 Å². The third kappa shape index (κ3) is 3.26. The van der Waals surface area contributed by atoms with Crippen LogP contribution in [0, 0.1) is 5.92 Å². The molecule has 6 heteroatoms. The molecule has 25 heavy (non-hydrogen) atoms. The number of alkyl halides is 2. The molecule has 1 heterocycles. The van der Waals surface area contributed by atoms with Crippen LogP contribution < -0.4 is 10.6 Å². The first kappa shape index (κ1) is 16.1. The quantitative estimate of drug-likeness (QED) is 0.864. The van der Waals surface area contributed by atoms with Gasteiger partial charge in [0.1, 0.15) is 16.3 Å². The first-order valence-corrected chi connectivity index (χ1v) is 8.89. The van der Waals surface area contributed by atoms with Gasteiger partial charge in [-0.1, -0.05) is 72.4 Å². The van der Waals surface area contributed by atoms with Gasteiger partial charge in [0.15, 0.2) is 0 Å². The second-order valence-corrected chi connectivity index (χ2v) is 7.25. The number of amides is 1. The second-order valence-electron chi connectivity index (χ2n) is 6.13. The highest BCUT2D eigenvalue weighted by Gasteiger charge is 2.61. The second kappa shape index (κ2) is 6.19. The molecule has 2 aromatic carbocycles. The van der Waals surface area contributed by atoms with E-state index < -0.39 is 17.7 Å². The number of carbonyl (C=O) groups is 1. The zero-order valence-corrected chi connectivity index (χ0v) is 14.0. The van der Waals surface area contributed by atoms with Crippen molar-refractivity contribution in [3.05, 3.63) is 76.8 Å². The third-order valence-corrected chi connectivity index (χ3v) is 5.45. The molecule has 3 nitrogen and oxygen atoms in total. The predicted octanol–water partition coefficient (Wildman–Crippen LogP) is 4.12. The van der Waals surface area contributed by atoms with Crippen LogP contribution in [0.15, 0.2) is 65.7 Å². The van der Waals surface area contributed by atoms with Crippen molar-refractivity contribution in [2.24, 2.45) is 5.92 Å². The maximum Gasteiger partial charge on any atom is 0.260 e. The fourth-order valence-electron chi connectivity index (χ4n) is 2.79. The topological polar surface area (TPSA) is 41.1 Å². The number of carbonyl (C=O) groups excluding carboxylic acids is 1. The highest BCUT2D eigenvalue weighted by Crippen LogP contribution is 2.49. The van der Waals surface area contributed by atoms with Gasteiger partial charge in [0.2, 0.25) is 5.91 Å². The Kier molecular flexibility index (Phi) is 4.00. The number of thioether (sulfide) groups is 1. The van der Waals surface area contributed by atoms with E-state index in [0.29, 0.717) is 5.03 Å². The minimum absolute atomic E-state index is 0.0774. The molecule has 2 aliphatic rings. The summed E-state index contributed by atoms with van der Waals surface area (Å²) in [6.45, 7) is 0. The van der Waals surface area contributed by atoms with Crippen LogP contribution in [-0.2, 0) is 4.79 Å². The summed E-state index contributed by atoms with van der Waals surface area (Å²) in [4.78, 5) is 12.1. The predicted molar refractivity (Wildman–Crippen MR) is 94.5 cm³/mol. The molecule has 0 aromatic heterocycles. The van der Waals surface area contributed by atoms with Gasteiger partial charge < -0.3 is 10.6 Å². The summed E-state index contributed by atoms with van der Waals surface area (Å²) in [7, 11) is 0. The van der Waals surface area contributed by atoms with E-state index in [4.69, 9.17) is 0 Å². The number of benzene rings is 2.